The summed E-state index contributed by atoms with van der Waals surface area (Å²) < 4.78 is 5.41. The standard InChI is InChI=1S/C14H22N2O4/c1-2-14(9-17,10-18)16-13(19)6-7-20-12-5-3-4-11(15)8-12/h3-5,8,17-18H,2,6-7,9-10,15H2,1H3,(H,16,19). The average molecular weight is 282 g/mol. The normalized spacial score (nSPS) is 11.2. The maximum Gasteiger partial charge on any atom is 0.224 e. The monoisotopic (exact) mass is 282 g/mol. The Morgan fingerprint density at radius 1 is 1.40 bits per heavy atom. The maximum absolute atomic E-state index is 11.8. The molecular formula is C14H22N2O4. The second kappa shape index (κ2) is 7.72. The third kappa shape index (κ3) is 4.71. The van der Waals surface area contributed by atoms with Crippen LogP contribution in [0.4, 0.5) is 5.69 Å². The van der Waals surface area contributed by atoms with Crippen molar-refractivity contribution in [3.8, 4) is 5.75 Å². The average Bonchev–Trinajstić information content (AvgIpc) is 2.45. The molecular weight excluding hydrogens is 260 g/mol. The van der Waals surface area contributed by atoms with E-state index in [1.807, 2.05) is 0 Å². The van der Waals surface area contributed by atoms with Gasteiger partial charge in [-0.1, -0.05) is 13.0 Å². The molecule has 5 N–H and O–H groups in total. The largest absolute Gasteiger partial charge is 0.493 e. The van der Waals surface area contributed by atoms with Crippen molar-refractivity contribution >= 4 is 11.6 Å². The van der Waals surface area contributed by atoms with Crippen LogP contribution in [0.3, 0.4) is 0 Å². The molecule has 0 aliphatic carbocycles. The zero-order valence-corrected chi connectivity index (χ0v) is 11.6. The quantitative estimate of drug-likeness (QED) is 0.513. The molecule has 0 unspecified atom stereocenters. The van der Waals surface area contributed by atoms with Crippen molar-refractivity contribution in [3.63, 3.8) is 0 Å². The molecule has 6 heteroatoms. The minimum absolute atomic E-state index is 0.135. The molecule has 0 atom stereocenters. The van der Waals surface area contributed by atoms with Gasteiger partial charge in [0, 0.05) is 11.8 Å². The van der Waals surface area contributed by atoms with Gasteiger partial charge in [0.2, 0.25) is 5.91 Å². The third-order valence-corrected chi connectivity index (χ3v) is 3.14. The number of anilines is 1. The second-order valence-electron chi connectivity index (χ2n) is 4.67. The van der Waals surface area contributed by atoms with Crippen LogP contribution >= 0.6 is 0 Å². The molecule has 20 heavy (non-hydrogen) atoms. The highest BCUT2D eigenvalue weighted by Crippen LogP contribution is 2.14. The second-order valence-corrected chi connectivity index (χ2v) is 4.67. The predicted octanol–water partition coefficient (Wildman–Crippen LogP) is 0.287. The fraction of sp³-hybridized carbons (Fsp3) is 0.500. The van der Waals surface area contributed by atoms with E-state index in [1.54, 1.807) is 31.2 Å². The highest BCUT2D eigenvalue weighted by atomic mass is 16.5. The number of nitrogens with one attached hydrogen (secondary N) is 1. The van der Waals surface area contributed by atoms with E-state index in [2.05, 4.69) is 5.32 Å². The summed E-state index contributed by atoms with van der Waals surface area (Å²) in [4.78, 5) is 11.8. The van der Waals surface area contributed by atoms with Crippen molar-refractivity contribution < 1.29 is 19.7 Å². The molecule has 0 radical (unpaired) electrons. The van der Waals surface area contributed by atoms with E-state index < -0.39 is 5.54 Å². The van der Waals surface area contributed by atoms with Gasteiger partial charge in [-0.15, -0.1) is 0 Å². The smallest absolute Gasteiger partial charge is 0.224 e. The molecule has 1 amide bonds. The molecule has 0 heterocycles. The van der Waals surface area contributed by atoms with E-state index in [9.17, 15) is 15.0 Å². The molecule has 0 saturated carbocycles. The number of hydrogen-bond donors (Lipinski definition) is 4. The highest BCUT2D eigenvalue weighted by molar-refractivity contribution is 5.77. The topological polar surface area (TPSA) is 105 Å². The summed E-state index contributed by atoms with van der Waals surface area (Å²) in [6.45, 7) is 1.38. The molecule has 6 nitrogen and oxygen atoms in total. The Kier molecular flexibility index (Phi) is 6.27. The number of ether oxygens (including phenoxy) is 1. The molecule has 1 aromatic carbocycles. The first-order chi connectivity index (χ1) is 9.55. The van der Waals surface area contributed by atoms with Crippen LogP contribution in [0, 0.1) is 0 Å². The molecule has 0 saturated heterocycles. The van der Waals surface area contributed by atoms with Crippen molar-refractivity contribution in [3.05, 3.63) is 24.3 Å². The van der Waals surface area contributed by atoms with Gasteiger partial charge in [0.1, 0.15) is 5.75 Å². The Hall–Kier alpha value is -1.79. The van der Waals surface area contributed by atoms with E-state index in [0.29, 0.717) is 17.9 Å². The predicted molar refractivity (Wildman–Crippen MR) is 76.3 cm³/mol. The lowest BCUT2D eigenvalue weighted by Crippen LogP contribution is -2.54. The van der Waals surface area contributed by atoms with Crippen molar-refractivity contribution in [1.82, 2.24) is 5.32 Å². The highest BCUT2D eigenvalue weighted by Gasteiger charge is 2.28. The van der Waals surface area contributed by atoms with Crippen LogP contribution in [0.5, 0.6) is 5.75 Å². The number of carbonyl (C=O) groups excluding carboxylic acids is 1. The van der Waals surface area contributed by atoms with Crippen molar-refractivity contribution in [2.45, 2.75) is 25.3 Å². The van der Waals surface area contributed by atoms with Crippen LogP contribution in [0.2, 0.25) is 0 Å². The first-order valence-corrected chi connectivity index (χ1v) is 6.56. The minimum Gasteiger partial charge on any atom is -0.493 e. The number of aliphatic hydroxyl groups excluding tert-OH is 2. The van der Waals surface area contributed by atoms with Gasteiger partial charge in [0.25, 0.3) is 0 Å². The number of carbonyl (C=O) groups is 1. The molecule has 0 fully saturated rings. The molecule has 1 rings (SSSR count). The number of benzene rings is 1. The number of rotatable bonds is 8. The van der Waals surface area contributed by atoms with E-state index >= 15 is 0 Å². The van der Waals surface area contributed by atoms with Gasteiger partial charge in [0.05, 0.1) is 31.8 Å². The molecule has 0 spiro atoms. The first-order valence-electron chi connectivity index (χ1n) is 6.56. The Morgan fingerprint density at radius 3 is 2.65 bits per heavy atom. The molecule has 0 bridgehead atoms. The van der Waals surface area contributed by atoms with E-state index in [4.69, 9.17) is 10.5 Å². The molecule has 0 aromatic heterocycles. The van der Waals surface area contributed by atoms with Crippen molar-refractivity contribution in [2.75, 3.05) is 25.6 Å². The Bertz CT molecular complexity index is 425. The summed E-state index contributed by atoms with van der Waals surface area (Å²) in [7, 11) is 0. The fourth-order valence-corrected chi connectivity index (χ4v) is 1.67. The summed E-state index contributed by atoms with van der Waals surface area (Å²) >= 11 is 0. The molecule has 0 aliphatic heterocycles. The summed E-state index contributed by atoms with van der Waals surface area (Å²) in [5, 5.41) is 21.1. The van der Waals surface area contributed by atoms with Gasteiger partial charge in [-0.05, 0) is 18.6 Å². The van der Waals surface area contributed by atoms with E-state index in [0.717, 1.165) is 0 Å². The van der Waals surface area contributed by atoms with Gasteiger partial charge in [-0.25, -0.2) is 0 Å². The van der Waals surface area contributed by atoms with Crippen LogP contribution < -0.4 is 15.8 Å². The zero-order chi connectivity index (χ0) is 15.0. The number of hydrogen-bond acceptors (Lipinski definition) is 5. The molecule has 112 valence electrons. The van der Waals surface area contributed by atoms with Crippen LogP contribution in [-0.4, -0.2) is 41.5 Å². The molecule has 1 aromatic rings. The van der Waals surface area contributed by atoms with Crippen LogP contribution in [0.25, 0.3) is 0 Å². The van der Waals surface area contributed by atoms with Gasteiger partial charge >= 0.3 is 0 Å². The SMILES string of the molecule is CCC(CO)(CO)NC(=O)CCOc1cccc(N)c1. The van der Waals surface area contributed by atoms with Crippen LogP contribution in [-0.2, 0) is 4.79 Å². The van der Waals surface area contributed by atoms with Crippen LogP contribution in [0.1, 0.15) is 19.8 Å². The fourth-order valence-electron chi connectivity index (χ4n) is 1.67. The summed E-state index contributed by atoms with van der Waals surface area (Å²) in [5.41, 5.74) is 5.24. The third-order valence-electron chi connectivity index (χ3n) is 3.14. The number of nitrogens with two attached hydrogens (primary N) is 1. The Morgan fingerprint density at radius 2 is 2.10 bits per heavy atom. The first kappa shape index (κ1) is 16.3. The van der Waals surface area contributed by atoms with Crippen molar-refractivity contribution in [2.24, 2.45) is 0 Å². The number of aliphatic hydroxyl groups is 2. The van der Waals surface area contributed by atoms with E-state index in [1.165, 1.54) is 0 Å². The van der Waals surface area contributed by atoms with Gasteiger partial charge < -0.3 is 26.0 Å². The number of nitrogen functional groups attached to an aromatic ring is 1. The number of amides is 1. The zero-order valence-electron chi connectivity index (χ0n) is 11.6. The lowest BCUT2D eigenvalue weighted by Gasteiger charge is -2.29. The summed E-state index contributed by atoms with van der Waals surface area (Å²) in [5.74, 6) is 0.322. The van der Waals surface area contributed by atoms with Crippen molar-refractivity contribution in [1.29, 1.82) is 0 Å². The van der Waals surface area contributed by atoms with Gasteiger partial charge in [0.15, 0.2) is 0 Å². The molecule has 0 aliphatic rings. The Balaban J connectivity index is 2.40. The summed E-state index contributed by atoms with van der Waals surface area (Å²) in [6, 6.07) is 6.95. The minimum atomic E-state index is -0.964. The lowest BCUT2D eigenvalue weighted by molar-refractivity contribution is -0.125. The van der Waals surface area contributed by atoms with E-state index in [-0.39, 0.29) is 32.1 Å². The Labute approximate surface area is 118 Å². The maximum atomic E-state index is 11.8. The van der Waals surface area contributed by atoms with Gasteiger partial charge in [-0.3, -0.25) is 4.79 Å². The lowest BCUT2D eigenvalue weighted by atomic mass is 9.98. The summed E-state index contributed by atoms with van der Waals surface area (Å²) in [6.07, 6.45) is 0.582. The van der Waals surface area contributed by atoms with Gasteiger partial charge in [-0.2, -0.15) is 0 Å². The van der Waals surface area contributed by atoms with Crippen LogP contribution in [0.15, 0.2) is 24.3 Å².